The van der Waals surface area contributed by atoms with Crippen LogP contribution in [0.2, 0.25) is 0 Å². The van der Waals surface area contributed by atoms with Crippen molar-refractivity contribution in [3.8, 4) is 0 Å². The minimum absolute atomic E-state index is 0.178. The highest BCUT2D eigenvalue weighted by Gasteiger charge is 2.24. The van der Waals surface area contributed by atoms with E-state index in [9.17, 15) is 9.59 Å². The van der Waals surface area contributed by atoms with Gasteiger partial charge in [-0.05, 0) is 6.42 Å². The smallest absolute Gasteiger partial charge is 0.341 e. The maximum Gasteiger partial charge on any atom is 0.341 e. The van der Waals surface area contributed by atoms with Crippen LogP contribution in [-0.4, -0.2) is 18.4 Å². The molecule has 0 atom stereocenters. The molecule has 0 fully saturated rings. The predicted molar refractivity (Wildman–Crippen MR) is 79.2 cm³/mol. The molecular formula is C15H15NO3S. The Hall–Kier alpha value is -2.14. The van der Waals surface area contributed by atoms with Crippen molar-refractivity contribution < 1.29 is 14.3 Å². The maximum absolute atomic E-state index is 12.4. The van der Waals surface area contributed by atoms with Gasteiger partial charge in [-0.3, -0.25) is 4.79 Å². The average molecular weight is 289 g/mol. The molecule has 104 valence electrons. The first-order valence-corrected chi connectivity index (χ1v) is 7.17. The molecule has 0 saturated carbocycles. The van der Waals surface area contributed by atoms with Gasteiger partial charge in [0.05, 0.1) is 6.61 Å². The monoisotopic (exact) mass is 289 g/mol. The summed E-state index contributed by atoms with van der Waals surface area (Å²) in [6.07, 6.45) is 0.720. The summed E-state index contributed by atoms with van der Waals surface area (Å²) in [5, 5.41) is 1.91. The van der Waals surface area contributed by atoms with Crippen LogP contribution in [0.5, 0.6) is 0 Å². The Kier molecular flexibility index (Phi) is 4.53. The molecule has 0 aliphatic carbocycles. The summed E-state index contributed by atoms with van der Waals surface area (Å²) in [5.74, 6) is -0.758. The summed E-state index contributed by atoms with van der Waals surface area (Å²) in [6.45, 7) is 2.22. The van der Waals surface area contributed by atoms with E-state index in [-0.39, 0.29) is 11.3 Å². The fraction of sp³-hybridized carbons (Fsp3) is 0.200. The van der Waals surface area contributed by atoms with Crippen LogP contribution in [0, 0.1) is 0 Å². The highest BCUT2D eigenvalue weighted by atomic mass is 32.1. The van der Waals surface area contributed by atoms with E-state index in [1.807, 2.05) is 13.0 Å². The number of thiophene rings is 1. The van der Waals surface area contributed by atoms with Crippen LogP contribution in [-0.2, 0) is 4.74 Å². The van der Waals surface area contributed by atoms with Gasteiger partial charge in [0.15, 0.2) is 5.78 Å². The second-order valence-corrected chi connectivity index (χ2v) is 5.13. The molecule has 0 unspecified atom stereocenters. The van der Waals surface area contributed by atoms with E-state index in [4.69, 9.17) is 10.5 Å². The minimum atomic E-state index is -0.537. The summed E-state index contributed by atoms with van der Waals surface area (Å²) >= 11 is 1.17. The number of hydrogen-bond donors (Lipinski definition) is 1. The molecule has 2 N–H and O–H groups in total. The molecule has 5 heteroatoms. The molecule has 0 saturated heterocycles. The first-order valence-electron chi connectivity index (χ1n) is 6.29. The van der Waals surface area contributed by atoms with Crippen molar-refractivity contribution in [1.29, 1.82) is 0 Å². The summed E-state index contributed by atoms with van der Waals surface area (Å²) in [7, 11) is 0. The van der Waals surface area contributed by atoms with Gasteiger partial charge < -0.3 is 10.5 Å². The van der Waals surface area contributed by atoms with Gasteiger partial charge in [0, 0.05) is 16.5 Å². The molecule has 4 nitrogen and oxygen atoms in total. The largest absolute Gasteiger partial charge is 0.462 e. The number of hydrogen-bond acceptors (Lipinski definition) is 5. The topological polar surface area (TPSA) is 69.4 Å². The zero-order valence-corrected chi connectivity index (χ0v) is 11.9. The lowest BCUT2D eigenvalue weighted by atomic mass is 10.0. The lowest BCUT2D eigenvalue weighted by Gasteiger charge is -2.05. The Morgan fingerprint density at radius 2 is 1.95 bits per heavy atom. The molecule has 1 heterocycles. The van der Waals surface area contributed by atoms with Crippen LogP contribution < -0.4 is 5.73 Å². The molecule has 0 radical (unpaired) electrons. The Balaban J connectivity index is 2.34. The van der Waals surface area contributed by atoms with Crippen molar-refractivity contribution in [2.75, 3.05) is 12.3 Å². The van der Waals surface area contributed by atoms with Gasteiger partial charge >= 0.3 is 5.97 Å². The highest BCUT2D eigenvalue weighted by Crippen LogP contribution is 2.28. The number of rotatable bonds is 5. The van der Waals surface area contributed by atoms with Gasteiger partial charge in [-0.15, -0.1) is 11.3 Å². The number of ether oxygens (including phenoxy) is 1. The Morgan fingerprint density at radius 3 is 2.60 bits per heavy atom. The van der Waals surface area contributed by atoms with E-state index < -0.39 is 5.97 Å². The van der Waals surface area contributed by atoms with Crippen molar-refractivity contribution in [2.24, 2.45) is 0 Å². The average Bonchev–Trinajstić information content (AvgIpc) is 2.86. The standard InChI is InChI=1S/C15H15NO3S/c1-2-8-19-15(18)12-11(9-20-14(12)16)13(17)10-6-4-3-5-7-10/h3-7,9H,2,8,16H2,1H3. The van der Waals surface area contributed by atoms with Gasteiger partial charge in [0.25, 0.3) is 0 Å². The van der Waals surface area contributed by atoms with Gasteiger partial charge in [-0.1, -0.05) is 37.3 Å². The number of nitrogens with two attached hydrogens (primary N) is 1. The normalized spacial score (nSPS) is 10.2. The van der Waals surface area contributed by atoms with E-state index in [1.54, 1.807) is 29.6 Å². The van der Waals surface area contributed by atoms with Crippen LogP contribution >= 0.6 is 11.3 Å². The summed E-state index contributed by atoms with van der Waals surface area (Å²) in [6, 6.07) is 8.79. The third kappa shape index (κ3) is 2.88. The molecule has 0 spiro atoms. The van der Waals surface area contributed by atoms with E-state index in [1.165, 1.54) is 11.3 Å². The quantitative estimate of drug-likeness (QED) is 0.678. The molecule has 2 rings (SSSR count). The zero-order chi connectivity index (χ0) is 14.5. The third-order valence-electron chi connectivity index (χ3n) is 2.74. The second-order valence-electron chi connectivity index (χ2n) is 4.22. The predicted octanol–water partition coefficient (Wildman–Crippen LogP) is 3.13. The fourth-order valence-electron chi connectivity index (χ4n) is 1.76. The number of anilines is 1. The van der Waals surface area contributed by atoms with E-state index in [0.29, 0.717) is 22.7 Å². The number of nitrogen functional groups attached to an aromatic ring is 1. The number of esters is 1. The first-order chi connectivity index (χ1) is 9.65. The summed E-state index contributed by atoms with van der Waals surface area (Å²) < 4.78 is 5.08. The number of carbonyl (C=O) groups is 2. The molecular weight excluding hydrogens is 274 g/mol. The SMILES string of the molecule is CCCOC(=O)c1c(C(=O)c2ccccc2)csc1N. The fourth-order valence-corrected chi connectivity index (χ4v) is 2.54. The van der Waals surface area contributed by atoms with Crippen LogP contribution in [0.15, 0.2) is 35.7 Å². The lowest BCUT2D eigenvalue weighted by molar-refractivity contribution is 0.0504. The highest BCUT2D eigenvalue weighted by molar-refractivity contribution is 7.14. The molecule has 0 amide bonds. The maximum atomic E-state index is 12.4. The van der Waals surface area contributed by atoms with Crippen molar-refractivity contribution in [1.82, 2.24) is 0 Å². The molecule has 0 aliphatic heterocycles. The van der Waals surface area contributed by atoms with Gasteiger partial charge in [-0.25, -0.2) is 4.79 Å². The minimum Gasteiger partial charge on any atom is -0.462 e. The van der Waals surface area contributed by atoms with Crippen LogP contribution in [0.3, 0.4) is 0 Å². The Labute approximate surface area is 121 Å². The van der Waals surface area contributed by atoms with Gasteiger partial charge in [0.2, 0.25) is 0 Å². The van der Waals surface area contributed by atoms with Gasteiger partial charge in [-0.2, -0.15) is 0 Å². The van der Waals surface area contributed by atoms with E-state index in [2.05, 4.69) is 0 Å². The molecule has 20 heavy (non-hydrogen) atoms. The van der Waals surface area contributed by atoms with Crippen LogP contribution in [0.1, 0.15) is 39.6 Å². The first kappa shape index (κ1) is 14.3. The zero-order valence-electron chi connectivity index (χ0n) is 11.1. The van der Waals surface area contributed by atoms with E-state index >= 15 is 0 Å². The van der Waals surface area contributed by atoms with Crippen molar-refractivity contribution in [3.63, 3.8) is 0 Å². The van der Waals surface area contributed by atoms with Crippen molar-refractivity contribution in [2.45, 2.75) is 13.3 Å². The molecule has 1 aromatic carbocycles. The number of ketones is 1. The second kappa shape index (κ2) is 6.34. The van der Waals surface area contributed by atoms with Crippen LogP contribution in [0.25, 0.3) is 0 Å². The van der Waals surface area contributed by atoms with Gasteiger partial charge in [0.1, 0.15) is 10.6 Å². The van der Waals surface area contributed by atoms with Crippen molar-refractivity contribution >= 4 is 28.1 Å². The number of benzene rings is 1. The molecule has 0 aliphatic rings. The number of carbonyl (C=O) groups excluding carboxylic acids is 2. The van der Waals surface area contributed by atoms with Crippen LogP contribution in [0.4, 0.5) is 5.00 Å². The third-order valence-corrected chi connectivity index (χ3v) is 3.55. The van der Waals surface area contributed by atoms with Crippen molar-refractivity contribution in [3.05, 3.63) is 52.4 Å². The molecule has 1 aromatic heterocycles. The van der Waals surface area contributed by atoms with E-state index in [0.717, 1.165) is 6.42 Å². The molecule has 2 aromatic rings. The Bertz CT molecular complexity index is 619. The Morgan fingerprint density at radius 1 is 1.25 bits per heavy atom. The molecule has 0 bridgehead atoms. The lowest BCUT2D eigenvalue weighted by Crippen LogP contribution is -2.12. The summed E-state index contributed by atoms with van der Waals surface area (Å²) in [5.41, 5.74) is 6.80. The summed E-state index contributed by atoms with van der Waals surface area (Å²) in [4.78, 5) is 24.4.